The van der Waals surface area contributed by atoms with Gasteiger partial charge in [0.05, 0.1) is 17.4 Å². The van der Waals surface area contributed by atoms with E-state index in [-0.39, 0.29) is 35.5 Å². The number of nitrogens with two attached hydrogens (primary N) is 1. The summed E-state index contributed by atoms with van der Waals surface area (Å²) in [6.45, 7) is 0.279. The molecule has 2 aliphatic rings. The number of pyridine rings is 1. The second-order valence-electron chi connectivity index (χ2n) is 7.24. The number of rotatable bonds is 3. The van der Waals surface area contributed by atoms with E-state index in [9.17, 15) is 17.6 Å². The minimum Gasteiger partial charge on any atom is -0.493 e. The fourth-order valence-electron chi connectivity index (χ4n) is 3.66. The van der Waals surface area contributed by atoms with Crippen LogP contribution in [0.4, 0.5) is 4.39 Å². The van der Waals surface area contributed by atoms with Crippen molar-refractivity contribution in [3.05, 3.63) is 58.1 Å². The number of benzene rings is 1. The fourth-order valence-corrected chi connectivity index (χ4v) is 5.29. The molecule has 0 aliphatic carbocycles. The van der Waals surface area contributed by atoms with Crippen LogP contribution in [0.25, 0.3) is 0 Å². The van der Waals surface area contributed by atoms with Crippen LogP contribution in [-0.2, 0) is 22.0 Å². The molecule has 4 rings (SSSR count). The molecule has 2 aliphatic heterocycles. The molecule has 0 saturated carbocycles. The van der Waals surface area contributed by atoms with Crippen molar-refractivity contribution >= 4 is 33.4 Å². The molecule has 0 bridgehead atoms. The monoisotopic (exact) mass is 452 g/mol. The Hall–Kier alpha value is -2.72. The molecule has 11 heteroatoms. The van der Waals surface area contributed by atoms with Crippen molar-refractivity contribution in [1.29, 1.82) is 0 Å². The van der Waals surface area contributed by atoms with E-state index in [1.165, 1.54) is 13.2 Å². The van der Waals surface area contributed by atoms with Crippen molar-refractivity contribution in [2.75, 3.05) is 19.4 Å². The molecule has 1 aromatic heterocycles. The van der Waals surface area contributed by atoms with E-state index in [2.05, 4.69) is 9.98 Å². The largest absolute Gasteiger partial charge is 0.493 e. The smallest absolute Gasteiger partial charge is 0.239 e. The summed E-state index contributed by atoms with van der Waals surface area (Å²) in [5.41, 5.74) is 5.54. The third-order valence-corrected chi connectivity index (χ3v) is 7.32. The maximum Gasteiger partial charge on any atom is 0.239 e. The van der Waals surface area contributed by atoms with Crippen LogP contribution in [0.3, 0.4) is 0 Å². The number of guanidine groups is 1. The zero-order chi connectivity index (χ0) is 21.7. The Morgan fingerprint density at radius 2 is 2.17 bits per heavy atom. The first-order valence-electron chi connectivity index (χ1n) is 9.04. The maximum absolute atomic E-state index is 14.0. The van der Waals surface area contributed by atoms with Crippen molar-refractivity contribution < 1.29 is 22.3 Å². The number of aromatic nitrogens is 1. The normalized spacial score (nSPS) is 22.2. The molecule has 0 saturated heterocycles. The van der Waals surface area contributed by atoms with Crippen LogP contribution in [0.1, 0.15) is 28.0 Å². The van der Waals surface area contributed by atoms with Gasteiger partial charge in [0.25, 0.3) is 0 Å². The fraction of sp³-hybridized carbons (Fsp3) is 0.316. The molecule has 0 radical (unpaired) electrons. The predicted octanol–water partition coefficient (Wildman–Crippen LogP) is 1.87. The number of nitrogens with zero attached hydrogens (tertiary/aromatic N) is 3. The molecular formula is C19H18ClFN4O4S. The lowest BCUT2D eigenvalue weighted by molar-refractivity contribution is 0.0983. The summed E-state index contributed by atoms with van der Waals surface area (Å²) in [6, 6.07) is 6.01. The Labute approximate surface area is 177 Å². The van der Waals surface area contributed by atoms with E-state index in [0.29, 0.717) is 23.3 Å². The van der Waals surface area contributed by atoms with E-state index in [1.807, 2.05) is 0 Å². The summed E-state index contributed by atoms with van der Waals surface area (Å²) in [4.78, 5) is 20.8. The third-order valence-electron chi connectivity index (χ3n) is 5.24. The number of hydrogen-bond donors (Lipinski definition) is 1. The van der Waals surface area contributed by atoms with E-state index in [1.54, 1.807) is 18.2 Å². The molecule has 30 heavy (non-hydrogen) atoms. The van der Waals surface area contributed by atoms with Crippen molar-refractivity contribution in [1.82, 2.24) is 9.29 Å². The Bertz CT molecular complexity index is 1190. The van der Waals surface area contributed by atoms with Crippen LogP contribution in [0.15, 0.2) is 35.5 Å². The van der Waals surface area contributed by atoms with Crippen molar-refractivity contribution in [2.24, 2.45) is 10.7 Å². The molecule has 3 heterocycles. The Morgan fingerprint density at radius 1 is 1.40 bits per heavy atom. The maximum atomic E-state index is 14.0. The van der Waals surface area contributed by atoms with E-state index >= 15 is 0 Å². The topological polar surface area (TPSA) is 115 Å². The lowest BCUT2D eigenvalue weighted by Crippen LogP contribution is -2.52. The molecule has 1 aromatic carbocycles. The van der Waals surface area contributed by atoms with Gasteiger partial charge in [-0.2, -0.15) is 0 Å². The summed E-state index contributed by atoms with van der Waals surface area (Å²) in [5.74, 6) is -1.23. The van der Waals surface area contributed by atoms with Gasteiger partial charge >= 0.3 is 0 Å². The number of carbonyl (C=O) groups excluding carboxylic acids is 1. The highest BCUT2D eigenvalue weighted by Gasteiger charge is 2.47. The van der Waals surface area contributed by atoms with Crippen LogP contribution >= 0.6 is 11.6 Å². The van der Waals surface area contributed by atoms with Crippen molar-refractivity contribution in [2.45, 2.75) is 18.4 Å². The number of hydrogen-bond acceptors (Lipinski definition) is 7. The minimum atomic E-state index is -3.67. The molecule has 0 amide bonds. The number of ether oxygens (including phenoxy) is 1. The first-order chi connectivity index (χ1) is 14.1. The van der Waals surface area contributed by atoms with E-state index < -0.39 is 27.2 Å². The molecule has 0 unspecified atom stereocenters. The Morgan fingerprint density at radius 3 is 2.87 bits per heavy atom. The number of ketones is 1. The number of aliphatic imine (C=N–C) groups is 1. The van der Waals surface area contributed by atoms with Gasteiger partial charge in [-0.1, -0.05) is 17.7 Å². The summed E-state index contributed by atoms with van der Waals surface area (Å²) < 4.78 is 45.9. The SMILES string of the molecule is CN1C(N)=N[C@@]2(CCOc3ccc(CC(=O)c4ncc(Cl)cc4F)cc32)CS1(=O)=O. The molecule has 1 spiro atoms. The van der Waals surface area contributed by atoms with Gasteiger partial charge < -0.3 is 10.5 Å². The van der Waals surface area contributed by atoms with Gasteiger partial charge in [0.2, 0.25) is 16.0 Å². The van der Waals surface area contributed by atoms with Crippen LogP contribution in [-0.4, -0.2) is 48.9 Å². The van der Waals surface area contributed by atoms with Crippen LogP contribution in [0, 0.1) is 5.82 Å². The van der Waals surface area contributed by atoms with Gasteiger partial charge in [-0.15, -0.1) is 0 Å². The summed E-state index contributed by atoms with van der Waals surface area (Å²) in [6.07, 6.45) is 1.38. The number of sulfonamides is 1. The summed E-state index contributed by atoms with van der Waals surface area (Å²) in [5, 5.41) is 0.0934. The molecule has 8 nitrogen and oxygen atoms in total. The minimum absolute atomic E-state index is 0.0934. The summed E-state index contributed by atoms with van der Waals surface area (Å²) in [7, 11) is -2.32. The van der Waals surface area contributed by atoms with Crippen LogP contribution in [0.5, 0.6) is 5.75 Å². The highest BCUT2D eigenvalue weighted by atomic mass is 35.5. The van der Waals surface area contributed by atoms with E-state index in [4.69, 9.17) is 22.1 Å². The molecule has 2 aromatic rings. The van der Waals surface area contributed by atoms with Crippen molar-refractivity contribution in [3.8, 4) is 5.75 Å². The van der Waals surface area contributed by atoms with E-state index in [0.717, 1.165) is 10.4 Å². The van der Waals surface area contributed by atoms with Gasteiger partial charge in [-0.25, -0.2) is 27.1 Å². The molecule has 1 atom stereocenters. The second-order valence-corrected chi connectivity index (χ2v) is 9.67. The third kappa shape index (κ3) is 3.50. The first kappa shape index (κ1) is 20.5. The highest BCUT2D eigenvalue weighted by Crippen LogP contribution is 2.43. The number of carbonyl (C=O) groups is 1. The highest BCUT2D eigenvalue weighted by molar-refractivity contribution is 7.89. The Kier molecular flexibility index (Phi) is 4.94. The lowest BCUT2D eigenvalue weighted by atomic mass is 9.85. The molecule has 2 N–H and O–H groups in total. The average Bonchev–Trinajstić information content (AvgIpc) is 2.66. The molecule has 0 fully saturated rings. The van der Waals surface area contributed by atoms with Gasteiger partial charge in [0.1, 0.15) is 17.0 Å². The lowest BCUT2D eigenvalue weighted by Gasteiger charge is -2.40. The average molecular weight is 453 g/mol. The van der Waals surface area contributed by atoms with Gasteiger partial charge in [-0.3, -0.25) is 4.79 Å². The second kappa shape index (κ2) is 7.21. The zero-order valence-electron chi connectivity index (χ0n) is 15.9. The number of Topliss-reactive ketones (excluding diaryl/α,β-unsaturated/α-hetero) is 1. The number of fused-ring (bicyclic) bond motifs is 2. The quantitative estimate of drug-likeness (QED) is 0.711. The first-order valence-corrected chi connectivity index (χ1v) is 11.0. The Balaban J connectivity index is 1.72. The molecular weight excluding hydrogens is 435 g/mol. The van der Waals surface area contributed by atoms with Crippen molar-refractivity contribution in [3.63, 3.8) is 0 Å². The van der Waals surface area contributed by atoms with Crippen LogP contribution < -0.4 is 10.5 Å². The predicted molar refractivity (Wildman–Crippen MR) is 109 cm³/mol. The zero-order valence-corrected chi connectivity index (χ0v) is 17.5. The van der Waals surface area contributed by atoms with Gasteiger partial charge in [0, 0.05) is 31.6 Å². The number of halogens is 2. The standard InChI is InChI=1S/C19H18ClFN4O4S/c1-25-18(22)24-19(10-30(25,27)28)4-5-29-16-3-2-11(6-13(16)19)7-15(26)17-14(21)8-12(20)9-23-17/h2-3,6,8-9H,4-5,7,10H2,1H3,(H2,22,24)/t19-/m0/s1. The van der Waals surface area contributed by atoms with Gasteiger partial charge in [0.15, 0.2) is 11.6 Å². The van der Waals surface area contributed by atoms with Gasteiger partial charge in [-0.05, 0) is 23.8 Å². The summed E-state index contributed by atoms with van der Waals surface area (Å²) >= 11 is 5.69. The molecule has 158 valence electrons. The van der Waals surface area contributed by atoms with Crippen LogP contribution in [0.2, 0.25) is 5.02 Å².